The summed E-state index contributed by atoms with van der Waals surface area (Å²) >= 11 is 9.26. The van der Waals surface area contributed by atoms with Crippen molar-refractivity contribution in [3.05, 3.63) is 27.7 Å². The van der Waals surface area contributed by atoms with Crippen LogP contribution in [-0.4, -0.2) is 15.0 Å². The maximum absolute atomic E-state index is 12.2. The highest BCUT2D eigenvalue weighted by atomic mass is 79.9. The molecule has 1 aromatic rings. The molecule has 1 aromatic carbocycles. The van der Waals surface area contributed by atoms with Gasteiger partial charge in [0.05, 0.1) is 5.02 Å². The maximum Gasteiger partial charge on any atom is 0.242 e. The van der Waals surface area contributed by atoms with Gasteiger partial charge in [-0.25, -0.2) is 13.1 Å². The van der Waals surface area contributed by atoms with Crippen LogP contribution in [0.3, 0.4) is 0 Å². The maximum atomic E-state index is 12.2. The van der Waals surface area contributed by atoms with E-state index in [1.807, 2.05) is 0 Å². The van der Waals surface area contributed by atoms with Gasteiger partial charge >= 0.3 is 0 Å². The van der Waals surface area contributed by atoms with Crippen LogP contribution < -0.4 is 4.72 Å². The Hall–Kier alpha value is -0.100. The minimum Gasteiger partial charge on any atom is -0.211 e. The molecule has 0 saturated heterocycles. The Labute approximate surface area is 134 Å². The third-order valence-electron chi connectivity index (χ3n) is 3.75. The van der Waals surface area contributed by atoms with Crippen LogP contribution in [0.5, 0.6) is 0 Å². The highest BCUT2D eigenvalue weighted by Crippen LogP contribution is 2.27. The quantitative estimate of drug-likeness (QED) is 0.825. The zero-order valence-corrected chi connectivity index (χ0v) is 14.4. The SMILES string of the molecule is O=S(=O)(NCCC1CCCCC1)c1ccc(Br)cc1Cl. The molecule has 0 spiro atoms. The summed E-state index contributed by atoms with van der Waals surface area (Å²) in [6, 6.07) is 4.80. The van der Waals surface area contributed by atoms with E-state index in [9.17, 15) is 8.42 Å². The Bertz CT molecular complexity index is 556. The molecule has 1 saturated carbocycles. The van der Waals surface area contributed by atoms with Crippen LogP contribution in [0.4, 0.5) is 0 Å². The first kappa shape index (κ1) is 16.3. The first-order valence-corrected chi connectivity index (χ1v) is 9.59. The molecule has 112 valence electrons. The van der Waals surface area contributed by atoms with E-state index in [2.05, 4.69) is 20.7 Å². The Morgan fingerprint density at radius 3 is 2.60 bits per heavy atom. The molecule has 0 amide bonds. The van der Waals surface area contributed by atoms with Gasteiger partial charge < -0.3 is 0 Å². The zero-order valence-electron chi connectivity index (χ0n) is 11.2. The molecule has 20 heavy (non-hydrogen) atoms. The molecular weight excluding hydrogens is 362 g/mol. The van der Waals surface area contributed by atoms with Crippen molar-refractivity contribution >= 4 is 37.6 Å². The second-order valence-corrected chi connectivity index (χ2v) is 8.32. The van der Waals surface area contributed by atoms with Crippen molar-refractivity contribution in [1.29, 1.82) is 0 Å². The molecule has 1 aliphatic carbocycles. The average molecular weight is 381 g/mol. The van der Waals surface area contributed by atoms with Crippen molar-refractivity contribution < 1.29 is 8.42 Å². The molecule has 0 unspecified atom stereocenters. The van der Waals surface area contributed by atoms with Gasteiger partial charge in [0.15, 0.2) is 0 Å². The van der Waals surface area contributed by atoms with E-state index in [1.54, 1.807) is 12.1 Å². The predicted molar refractivity (Wildman–Crippen MR) is 85.5 cm³/mol. The summed E-state index contributed by atoms with van der Waals surface area (Å²) in [6.45, 7) is 0.486. The lowest BCUT2D eigenvalue weighted by Crippen LogP contribution is -2.27. The summed E-state index contributed by atoms with van der Waals surface area (Å²) in [6.07, 6.45) is 7.22. The summed E-state index contributed by atoms with van der Waals surface area (Å²) in [5.41, 5.74) is 0. The molecule has 0 bridgehead atoms. The van der Waals surface area contributed by atoms with Gasteiger partial charge in [0.2, 0.25) is 10.0 Å². The van der Waals surface area contributed by atoms with Gasteiger partial charge in [0, 0.05) is 11.0 Å². The highest BCUT2D eigenvalue weighted by molar-refractivity contribution is 9.10. The van der Waals surface area contributed by atoms with Crippen molar-refractivity contribution in [2.24, 2.45) is 5.92 Å². The summed E-state index contributed by atoms with van der Waals surface area (Å²) in [7, 11) is -3.51. The summed E-state index contributed by atoms with van der Waals surface area (Å²) in [5, 5.41) is 0.240. The number of hydrogen-bond acceptors (Lipinski definition) is 2. The summed E-state index contributed by atoms with van der Waals surface area (Å²) in [5.74, 6) is 0.659. The number of sulfonamides is 1. The molecule has 3 nitrogen and oxygen atoms in total. The Balaban J connectivity index is 1.93. The number of nitrogens with one attached hydrogen (secondary N) is 1. The molecule has 1 aliphatic rings. The molecule has 1 N–H and O–H groups in total. The average Bonchev–Trinajstić information content (AvgIpc) is 2.39. The van der Waals surface area contributed by atoms with Crippen LogP contribution in [-0.2, 0) is 10.0 Å². The molecule has 0 heterocycles. The van der Waals surface area contributed by atoms with Crippen LogP contribution in [0, 0.1) is 5.92 Å². The molecule has 0 atom stereocenters. The normalized spacial score (nSPS) is 17.3. The van der Waals surface area contributed by atoms with Crippen LogP contribution in [0.15, 0.2) is 27.6 Å². The van der Waals surface area contributed by atoms with Gasteiger partial charge in [-0.05, 0) is 30.5 Å². The Morgan fingerprint density at radius 1 is 1.25 bits per heavy atom. The van der Waals surface area contributed by atoms with E-state index < -0.39 is 10.0 Å². The third kappa shape index (κ3) is 4.45. The zero-order chi connectivity index (χ0) is 14.6. The van der Waals surface area contributed by atoms with Crippen LogP contribution in [0.2, 0.25) is 5.02 Å². The molecular formula is C14H19BrClNO2S. The number of halogens is 2. The number of benzene rings is 1. The minimum atomic E-state index is -3.51. The monoisotopic (exact) mass is 379 g/mol. The fraction of sp³-hybridized carbons (Fsp3) is 0.571. The topological polar surface area (TPSA) is 46.2 Å². The minimum absolute atomic E-state index is 0.144. The fourth-order valence-electron chi connectivity index (χ4n) is 2.64. The Morgan fingerprint density at radius 2 is 1.95 bits per heavy atom. The Kier molecular flexibility index (Phi) is 5.90. The van der Waals surface area contributed by atoms with Gasteiger partial charge in [0.25, 0.3) is 0 Å². The van der Waals surface area contributed by atoms with Crippen molar-refractivity contribution in [2.45, 2.75) is 43.4 Å². The van der Waals surface area contributed by atoms with Crippen molar-refractivity contribution in [3.63, 3.8) is 0 Å². The van der Waals surface area contributed by atoms with Crippen LogP contribution in [0.25, 0.3) is 0 Å². The first-order valence-electron chi connectivity index (χ1n) is 6.94. The lowest BCUT2D eigenvalue weighted by Gasteiger charge is -2.21. The molecule has 0 aliphatic heterocycles. The fourth-order valence-corrected chi connectivity index (χ4v) is 4.73. The molecule has 0 aromatic heterocycles. The smallest absolute Gasteiger partial charge is 0.211 e. The first-order chi connectivity index (χ1) is 9.49. The molecule has 6 heteroatoms. The predicted octanol–water partition coefficient (Wildman–Crippen LogP) is 4.35. The van der Waals surface area contributed by atoms with Gasteiger partial charge in [-0.2, -0.15) is 0 Å². The lowest BCUT2D eigenvalue weighted by molar-refractivity contribution is 0.339. The highest BCUT2D eigenvalue weighted by Gasteiger charge is 2.19. The standard InChI is InChI=1S/C14H19BrClNO2S/c15-12-6-7-14(13(16)10-12)20(18,19)17-9-8-11-4-2-1-3-5-11/h6-7,10-11,17H,1-5,8-9H2. The molecule has 2 rings (SSSR count). The van der Waals surface area contributed by atoms with Gasteiger partial charge in [-0.1, -0.05) is 59.6 Å². The second-order valence-electron chi connectivity index (χ2n) is 5.27. The third-order valence-corrected chi connectivity index (χ3v) is 6.19. The van der Waals surface area contributed by atoms with E-state index >= 15 is 0 Å². The van der Waals surface area contributed by atoms with E-state index in [0.29, 0.717) is 12.5 Å². The van der Waals surface area contributed by atoms with Gasteiger partial charge in [-0.3, -0.25) is 0 Å². The van der Waals surface area contributed by atoms with Crippen LogP contribution >= 0.6 is 27.5 Å². The van der Waals surface area contributed by atoms with Gasteiger partial charge in [-0.15, -0.1) is 0 Å². The van der Waals surface area contributed by atoms with Crippen molar-refractivity contribution in [2.75, 3.05) is 6.54 Å². The lowest BCUT2D eigenvalue weighted by atomic mass is 9.87. The number of rotatable bonds is 5. The van der Waals surface area contributed by atoms with E-state index in [1.165, 1.54) is 38.2 Å². The number of hydrogen-bond donors (Lipinski definition) is 1. The van der Waals surface area contributed by atoms with Crippen LogP contribution in [0.1, 0.15) is 38.5 Å². The molecule has 0 radical (unpaired) electrons. The van der Waals surface area contributed by atoms with E-state index in [0.717, 1.165) is 10.9 Å². The molecule has 1 fully saturated rings. The van der Waals surface area contributed by atoms with Crippen molar-refractivity contribution in [3.8, 4) is 0 Å². The summed E-state index contributed by atoms with van der Waals surface area (Å²) in [4.78, 5) is 0.144. The second kappa shape index (κ2) is 7.25. The van der Waals surface area contributed by atoms with Gasteiger partial charge in [0.1, 0.15) is 4.90 Å². The summed E-state index contributed by atoms with van der Waals surface area (Å²) < 4.78 is 27.8. The van der Waals surface area contributed by atoms with E-state index in [-0.39, 0.29) is 9.92 Å². The largest absolute Gasteiger partial charge is 0.242 e. The van der Waals surface area contributed by atoms with Crippen molar-refractivity contribution in [1.82, 2.24) is 4.72 Å². The van der Waals surface area contributed by atoms with E-state index in [4.69, 9.17) is 11.6 Å².